The Morgan fingerprint density at radius 3 is 2.90 bits per heavy atom. The number of rotatable bonds is 7. The first-order valence-corrected chi connectivity index (χ1v) is 11.8. The van der Waals surface area contributed by atoms with Gasteiger partial charge in [0.05, 0.1) is 11.4 Å². The maximum Gasteiger partial charge on any atom is 0.236 e. The average Bonchev–Trinajstić information content (AvgIpc) is 3.31. The number of benzene rings is 1. The van der Waals surface area contributed by atoms with Gasteiger partial charge in [0.15, 0.2) is 16.1 Å². The molecule has 4 rings (SSSR count). The van der Waals surface area contributed by atoms with Gasteiger partial charge >= 0.3 is 0 Å². The van der Waals surface area contributed by atoms with E-state index in [4.69, 9.17) is 4.74 Å². The first-order chi connectivity index (χ1) is 14.5. The molecule has 3 aromatic rings. The van der Waals surface area contributed by atoms with Crippen LogP contribution in [0.3, 0.4) is 0 Å². The minimum absolute atomic E-state index is 0.111. The van der Waals surface area contributed by atoms with Gasteiger partial charge in [0.2, 0.25) is 5.91 Å². The summed E-state index contributed by atoms with van der Waals surface area (Å²) in [5.41, 5.74) is 5.03. The molecule has 0 atom stereocenters. The van der Waals surface area contributed by atoms with Crippen molar-refractivity contribution in [3.63, 3.8) is 0 Å². The number of aryl methyl sites for hydroxylation is 2. The molecule has 0 saturated carbocycles. The van der Waals surface area contributed by atoms with E-state index in [-0.39, 0.29) is 11.7 Å². The second kappa shape index (κ2) is 9.18. The first kappa shape index (κ1) is 20.9. The Labute approximate surface area is 184 Å². The highest BCUT2D eigenvalue weighted by atomic mass is 32.2. The zero-order valence-corrected chi connectivity index (χ0v) is 19.0. The van der Waals surface area contributed by atoms with Gasteiger partial charge in [-0.1, -0.05) is 17.8 Å². The molecular weight excluding hydrogens is 418 g/mol. The zero-order chi connectivity index (χ0) is 21.1. The Balaban J connectivity index is 1.34. The molecule has 1 N–H and O–H groups in total. The van der Waals surface area contributed by atoms with Gasteiger partial charge in [-0.2, -0.15) is 0 Å². The number of hydrogen-bond acceptors (Lipinski definition) is 7. The van der Waals surface area contributed by atoms with Crippen LogP contribution in [0.1, 0.15) is 41.1 Å². The fourth-order valence-corrected chi connectivity index (χ4v) is 5.02. The highest BCUT2D eigenvalue weighted by Crippen LogP contribution is 2.31. The Morgan fingerprint density at radius 1 is 1.27 bits per heavy atom. The maximum atomic E-state index is 12.1. The summed E-state index contributed by atoms with van der Waals surface area (Å²) < 4.78 is 7.95. The first-order valence-electron chi connectivity index (χ1n) is 9.98. The normalized spacial score (nSPS) is 13.2. The molecular formula is C21H25N5O2S2. The number of nitrogens with zero attached hydrogens (tertiary/aromatic N) is 4. The number of hydrogen-bond donors (Lipinski definition) is 1. The molecule has 1 aromatic carbocycles. The second-order valence-corrected chi connectivity index (χ2v) is 9.21. The predicted molar refractivity (Wildman–Crippen MR) is 119 cm³/mol. The topological polar surface area (TPSA) is 81.9 Å². The number of thiazole rings is 1. The number of aromatic nitrogens is 4. The van der Waals surface area contributed by atoms with Crippen LogP contribution in [0, 0.1) is 13.8 Å². The molecule has 0 spiro atoms. The lowest BCUT2D eigenvalue weighted by Crippen LogP contribution is -2.14. The minimum atomic E-state index is -0.111. The van der Waals surface area contributed by atoms with E-state index in [9.17, 15) is 4.79 Å². The van der Waals surface area contributed by atoms with Crippen molar-refractivity contribution in [2.45, 2.75) is 51.3 Å². The van der Waals surface area contributed by atoms with Crippen LogP contribution < -0.4 is 10.1 Å². The number of amides is 1. The maximum absolute atomic E-state index is 12.1. The number of thioether (sulfide) groups is 1. The molecule has 1 amide bonds. The van der Waals surface area contributed by atoms with Crippen LogP contribution in [0.4, 0.5) is 5.13 Å². The van der Waals surface area contributed by atoms with Crippen molar-refractivity contribution in [1.29, 1.82) is 0 Å². The Morgan fingerprint density at radius 2 is 2.10 bits per heavy atom. The van der Waals surface area contributed by atoms with E-state index in [2.05, 4.69) is 39.6 Å². The molecule has 0 fully saturated rings. The highest BCUT2D eigenvalue weighted by Gasteiger charge is 2.16. The van der Waals surface area contributed by atoms with Gasteiger partial charge < -0.3 is 14.6 Å². The Bertz CT molecular complexity index is 1060. The summed E-state index contributed by atoms with van der Waals surface area (Å²) in [5, 5.41) is 14.5. The van der Waals surface area contributed by atoms with E-state index in [1.807, 2.05) is 23.9 Å². The molecule has 2 heterocycles. The van der Waals surface area contributed by atoms with Gasteiger partial charge in [-0.25, -0.2) is 4.98 Å². The monoisotopic (exact) mass is 443 g/mol. The molecule has 2 aromatic heterocycles. The summed E-state index contributed by atoms with van der Waals surface area (Å²) in [5.74, 6) is 1.77. The van der Waals surface area contributed by atoms with Crippen molar-refractivity contribution in [3.8, 4) is 5.75 Å². The molecule has 0 radical (unpaired) electrons. The third kappa shape index (κ3) is 4.67. The van der Waals surface area contributed by atoms with Crippen molar-refractivity contribution < 1.29 is 9.53 Å². The molecule has 7 nitrogen and oxygen atoms in total. The van der Waals surface area contributed by atoms with Crippen LogP contribution in [-0.4, -0.2) is 31.4 Å². The van der Waals surface area contributed by atoms with Gasteiger partial charge in [-0.15, -0.1) is 21.5 Å². The summed E-state index contributed by atoms with van der Waals surface area (Å²) in [6, 6.07) is 4.26. The summed E-state index contributed by atoms with van der Waals surface area (Å²) in [4.78, 5) is 16.4. The average molecular weight is 444 g/mol. The Kier molecular flexibility index (Phi) is 6.38. The van der Waals surface area contributed by atoms with Gasteiger partial charge in [0.1, 0.15) is 12.4 Å². The molecule has 9 heteroatoms. The predicted octanol–water partition coefficient (Wildman–Crippen LogP) is 4.08. The van der Waals surface area contributed by atoms with E-state index >= 15 is 0 Å². The third-order valence-corrected chi connectivity index (χ3v) is 7.14. The largest absolute Gasteiger partial charge is 0.485 e. The lowest BCUT2D eigenvalue weighted by molar-refractivity contribution is -0.113. The molecule has 1 aliphatic rings. The van der Waals surface area contributed by atoms with Crippen molar-refractivity contribution in [3.05, 3.63) is 45.7 Å². The highest BCUT2D eigenvalue weighted by molar-refractivity contribution is 7.99. The number of ether oxygens (including phenoxy) is 1. The second-order valence-electron chi connectivity index (χ2n) is 7.41. The van der Waals surface area contributed by atoms with E-state index in [0.29, 0.717) is 16.9 Å². The number of anilines is 1. The van der Waals surface area contributed by atoms with Crippen molar-refractivity contribution in [2.24, 2.45) is 7.05 Å². The van der Waals surface area contributed by atoms with Gasteiger partial charge in [0, 0.05) is 12.4 Å². The summed E-state index contributed by atoms with van der Waals surface area (Å²) in [6.45, 7) is 4.38. The van der Waals surface area contributed by atoms with Gasteiger partial charge in [0.25, 0.3) is 0 Å². The minimum Gasteiger partial charge on any atom is -0.485 e. The number of fused-ring (bicyclic) bond motifs is 1. The third-order valence-electron chi connectivity index (χ3n) is 5.25. The summed E-state index contributed by atoms with van der Waals surface area (Å²) >= 11 is 2.76. The lowest BCUT2D eigenvalue weighted by Gasteiger charge is -2.20. The SMILES string of the molecule is Cc1csc(NC(=O)CSc2nnc(COc3ccc4c(c3C)CCCC4)n2C)n1. The van der Waals surface area contributed by atoms with Crippen molar-refractivity contribution >= 4 is 34.1 Å². The van der Waals surface area contributed by atoms with Crippen LogP contribution in [0.15, 0.2) is 22.7 Å². The van der Waals surface area contributed by atoms with E-state index < -0.39 is 0 Å². The molecule has 158 valence electrons. The summed E-state index contributed by atoms with van der Waals surface area (Å²) in [6.07, 6.45) is 4.81. The van der Waals surface area contributed by atoms with E-state index in [0.717, 1.165) is 30.1 Å². The zero-order valence-electron chi connectivity index (χ0n) is 17.4. The number of nitrogens with one attached hydrogen (secondary N) is 1. The van der Waals surface area contributed by atoms with Crippen molar-refractivity contribution in [1.82, 2.24) is 19.7 Å². The molecule has 0 aliphatic heterocycles. The smallest absolute Gasteiger partial charge is 0.236 e. The fraction of sp³-hybridized carbons (Fsp3) is 0.429. The molecule has 0 unspecified atom stereocenters. The van der Waals surface area contributed by atoms with Crippen LogP contribution in [0.2, 0.25) is 0 Å². The molecule has 0 saturated heterocycles. The number of carbonyl (C=O) groups excluding carboxylic acids is 1. The van der Waals surface area contributed by atoms with Crippen LogP contribution >= 0.6 is 23.1 Å². The molecule has 0 bridgehead atoms. The number of carbonyl (C=O) groups is 1. The summed E-state index contributed by atoms with van der Waals surface area (Å²) in [7, 11) is 1.89. The quantitative estimate of drug-likeness (QED) is 0.554. The van der Waals surface area contributed by atoms with Gasteiger partial charge in [-0.05, 0) is 62.3 Å². The fourth-order valence-electron chi connectivity index (χ4n) is 3.58. The van der Waals surface area contributed by atoms with Gasteiger partial charge in [-0.3, -0.25) is 4.79 Å². The Hall–Kier alpha value is -2.39. The molecule has 1 aliphatic carbocycles. The lowest BCUT2D eigenvalue weighted by atomic mass is 9.88. The van der Waals surface area contributed by atoms with E-state index in [1.165, 1.54) is 52.6 Å². The van der Waals surface area contributed by atoms with Crippen LogP contribution in [0.5, 0.6) is 5.75 Å². The standard InChI is InChI=1S/C21H25N5O2S2/c1-13-11-29-20(22-13)23-19(27)12-30-21-25-24-18(26(21)3)10-28-17-9-8-15-6-4-5-7-16(15)14(17)2/h8-9,11H,4-7,10,12H2,1-3H3,(H,22,23,27). The van der Waals surface area contributed by atoms with E-state index in [1.54, 1.807) is 0 Å². The van der Waals surface area contributed by atoms with Crippen molar-refractivity contribution in [2.75, 3.05) is 11.1 Å². The van der Waals surface area contributed by atoms with Crippen LogP contribution in [0.25, 0.3) is 0 Å². The molecule has 30 heavy (non-hydrogen) atoms. The van der Waals surface area contributed by atoms with Crippen LogP contribution in [-0.2, 0) is 31.3 Å².